The number of carbonyl (C=O) groups is 1. The van der Waals surface area contributed by atoms with Gasteiger partial charge >= 0.3 is 5.97 Å². The van der Waals surface area contributed by atoms with Crippen LogP contribution in [0.3, 0.4) is 0 Å². The lowest BCUT2D eigenvalue weighted by Gasteiger charge is -2.11. The fourth-order valence-corrected chi connectivity index (χ4v) is 3.25. The van der Waals surface area contributed by atoms with Gasteiger partial charge in [0, 0.05) is 17.2 Å². The van der Waals surface area contributed by atoms with Gasteiger partial charge in [0.05, 0.1) is 5.69 Å². The van der Waals surface area contributed by atoms with Crippen molar-refractivity contribution in [2.24, 2.45) is 0 Å². The van der Waals surface area contributed by atoms with Crippen molar-refractivity contribution in [2.45, 2.75) is 0 Å². The Morgan fingerprint density at radius 1 is 0.906 bits per heavy atom. The van der Waals surface area contributed by atoms with E-state index in [1.807, 2.05) is 66.7 Å². The molecule has 0 bridgehead atoms. The Balaban J connectivity index is 1.57. The average molecular weight is 417 g/mol. The van der Waals surface area contributed by atoms with Crippen molar-refractivity contribution in [2.75, 3.05) is 5.73 Å². The highest BCUT2D eigenvalue weighted by Gasteiger charge is 2.13. The summed E-state index contributed by atoms with van der Waals surface area (Å²) in [5, 5.41) is 9.60. The number of esters is 1. The zero-order valence-electron chi connectivity index (χ0n) is 17.1. The summed E-state index contributed by atoms with van der Waals surface area (Å²) in [5.41, 5.74) is 10.3. The first-order valence-electron chi connectivity index (χ1n) is 9.95. The number of nitrogens with zero attached hydrogens (tertiary/aromatic N) is 2. The predicted octanol–water partition coefficient (Wildman–Crippen LogP) is 5.49. The number of rotatable bonds is 5. The van der Waals surface area contributed by atoms with Crippen molar-refractivity contribution in [1.29, 1.82) is 5.26 Å². The molecule has 1 aromatic heterocycles. The lowest BCUT2D eigenvalue weighted by atomic mass is 9.98. The second-order valence-electron chi connectivity index (χ2n) is 6.98. The molecule has 0 amide bonds. The van der Waals surface area contributed by atoms with E-state index in [-0.39, 0.29) is 5.82 Å². The zero-order chi connectivity index (χ0) is 22.3. The van der Waals surface area contributed by atoms with E-state index < -0.39 is 5.97 Å². The largest absolute Gasteiger partial charge is 0.423 e. The Morgan fingerprint density at radius 3 is 2.22 bits per heavy atom. The van der Waals surface area contributed by atoms with E-state index in [1.165, 1.54) is 6.08 Å². The highest BCUT2D eigenvalue weighted by atomic mass is 16.5. The minimum Gasteiger partial charge on any atom is -0.423 e. The number of nitrogens with two attached hydrogens (primary N) is 1. The highest BCUT2D eigenvalue weighted by molar-refractivity contribution is 5.89. The summed E-state index contributed by atoms with van der Waals surface area (Å²) in [7, 11) is 0. The minimum absolute atomic E-state index is 0.172. The molecule has 0 unspecified atom stereocenters. The summed E-state index contributed by atoms with van der Waals surface area (Å²) in [6.07, 6.45) is 3.08. The van der Waals surface area contributed by atoms with Gasteiger partial charge in [0.25, 0.3) is 0 Å². The van der Waals surface area contributed by atoms with Crippen molar-refractivity contribution in [3.63, 3.8) is 0 Å². The molecule has 4 rings (SSSR count). The highest BCUT2D eigenvalue weighted by Crippen LogP contribution is 2.32. The van der Waals surface area contributed by atoms with Crippen LogP contribution in [0.5, 0.6) is 5.75 Å². The van der Waals surface area contributed by atoms with E-state index in [2.05, 4.69) is 11.1 Å². The number of pyridine rings is 1. The lowest BCUT2D eigenvalue weighted by Crippen LogP contribution is -2.03. The molecule has 0 saturated carbocycles. The van der Waals surface area contributed by atoms with Gasteiger partial charge in [-0.15, -0.1) is 0 Å². The quantitative estimate of drug-likeness (QED) is 0.264. The van der Waals surface area contributed by atoms with Gasteiger partial charge in [-0.25, -0.2) is 9.78 Å². The molecule has 0 radical (unpaired) electrons. The van der Waals surface area contributed by atoms with Gasteiger partial charge < -0.3 is 10.5 Å². The molecular formula is C27H19N3O2. The van der Waals surface area contributed by atoms with Gasteiger partial charge in [-0.3, -0.25) is 0 Å². The van der Waals surface area contributed by atoms with Crippen LogP contribution in [0.1, 0.15) is 11.1 Å². The van der Waals surface area contributed by atoms with Crippen LogP contribution in [-0.4, -0.2) is 11.0 Å². The monoisotopic (exact) mass is 417 g/mol. The number of nitriles is 1. The van der Waals surface area contributed by atoms with Crippen LogP contribution < -0.4 is 10.5 Å². The molecule has 2 N–H and O–H groups in total. The van der Waals surface area contributed by atoms with E-state index in [9.17, 15) is 10.1 Å². The van der Waals surface area contributed by atoms with Crippen LogP contribution in [0.2, 0.25) is 0 Å². The first-order chi connectivity index (χ1) is 15.6. The normalized spacial score (nSPS) is 10.6. The van der Waals surface area contributed by atoms with E-state index in [4.69, 9.17) is 10.5 Å². The summed E-state index contributed by atoms with van der Waals surface area (Å²) in [6, 6.07) is 30.0. The molecule has 0 saturated heterocycles. The summed E-state index contributed by atoms with van der Waals surface area (Å²) in [6.45, 7) is 0. The van der Waals surface area contributed by atoms with Gasteiger partial charge in [0.1, 0.15) is 23.2 Å². The molecule has 3 aromatic carbocycles. The summed E-state index contributed by atoms with van der Waals surface area (Å²) in [5.74, 6) is 0.101. The zero-order valence-corrected chi connectivity index (χ0v) is 17.1. The first kappa shape index (κ1) is 20.6. The number of hydrogen-bond acceptors (Lipinski definition) is 5. The smallest absolute Gasteiger partial charge is 0.336 e. The average Bonchev–Trinajstić information content (AvgIpc) is 2.84. The van der Waals surface area contributed by atoms with Crippen molar-refractivity contribution >= 4 is 17.9 Å². The fraction of sp³-hybridized carbons (Fsp3) is 0. The Kier molecular flexibility index (Phi) is 6.05. The van der Waals surface area contributed by atoms with Crippen LogP contribution in [0.15, 0.2) is 97.1 Å². The molecule has 154 valence electrons. The van der Waals surface area contributed by atoms with Crippen LogP contribution in [0.25, 0.3) is 28.5 Å². The van der Waals surface area contributed by atoms with E-state index in [1.54, 1.807) is 30.3 Å². The van der Waals surface area contributed by atoms with E-state index in [0.29, 0.717) is 22.6 Å². The second kappa shape index (κ2) is 9.41. The third kappa shape index (κ3) is 4.72. The Labute approximate surface area is 186 Å². The molecule has 4 aromatic rings. The molecule has 0 spiro atoms. The van der Waals surface area contributed by atoms with E-state index in [0.717, 1.165) is 16.7 Å². The predicted molar refractivity (Wildman–Crippen MR) is 125 cm³/mol. The molecule has 0 aliphatic rings. The number of ether oxygens (including phenoxy) is 1. The Hall–Kier alpha value is -4.69. The van der Waals surface area contributed by atoms with Crippen molar-refractivity contribution < 1.29 is 9.53 Å². The summed E-state index contributed by atoms with van der Waals surface area (Å²) < 4.78 is 5.37. The van der Waals surface area contributed by atoms with Crippen LogP contribution in [-0.2, 0) is 4.79 Å². The van der Waals surface area contributed by atoms with Crippen molar-refractivity contribution in [3.05, 3.63) is 108 Å². The fourth-order valence-electron chi connectivity index (χ4n) is 3.25. The molecule has 32 heavy (non-hydrogen) atoms. The number of aromatic nitrogens is 1. The van der Waals surface area contributed by atoms with Crippen LogP contribution in [0.4, 0.5) is 5.82 Å². The molecule has 0 atom stereocenters. The van der Waals surface area contributed by atoms with Crippen molar-refractivity contribution in [3.8, 4) is 34.2 Å². The third-order valence-electron chi connectivity index (χ3n) is 4.82. The second-order valence-corrected chi connectivity index (χ2v) is 6.98. The van der Waals surface area contributed by atoms with Crippen LogP contribution in [0, 0.1) is 11.3 Å². The van der Waals surface area contributed by atoms with Gasteiger partial charge in [-0.05, 0) is 35.4 Å². The molecular weight excluding hydrogens is 398 g/mol. The molecule has 5 nitrogen and oxygen atoms in total. The van der Waals surface area contributed by atoms with Gasteiger partial charge in [-0.1, -0.05) is 72.8 Å². The van der Waals surface area contributed by atoms with Crippen LogP contribution >= 0.6 is 0 Å². The lowest BCUT2D eigenvalue weighted by molar-refractivity contribution is -0.128. The maximum atomic E-state index is 12.1. The number of carbonyl (C=O) groups excluding carboxylic acids is 1. The molecule has 1 heterocycles. The van der Waals surface area contributed by atoms with Crippen molar-refractivity contribution in [1.82, 2.24) is 4.98 Å². The first-order valence-corrected chi connectivity index (χ1v) is 9.95. The maximum Gasteiger partial charge on any atom is 0.336 e. The topological polar surface area (TPSA) is 89.0 Å². The maximum absolute atomic E-state index is 12.1. The molecule has 0 fully saturated rings. The SMILES string of the molecule is N#Cc1c(-c2ccc(OC(=O)/C=C\c3ccccc3)cc2)cc(-c2ccccc2)nc1N. The Morgan fingerprint density at radius 2 is 1.56 bits per heavy atom. The Bertz CT molecular complexity index is 1310. The molecule has 0 aliphatic carbocycles. The number of anilines is 1. The third-order valence-corrected chi connectivity index (χ3v) is 4.82. The number of nitrogen functional groups attached to an aromatic ring is 1. The number of hydrogen-bond donors (Lipinski definition) is 1. The van der Waals surface area contributed by atoms with Gasteiger partial charge in [0.15, 0.2) is 0 Å². The standard InChI is InChI=1S/C27H19N3O2/c28-18-24-23(17-25(30-27(24)29)21-9-5-2-6-10-21)20-12-14-22(15-13-20)32-26(31)16-11-19-7-3-1-4-8-19/h1-17H,(H2,29,30)/b16-11-. The number of benzene rings is 3. The molecule has 5 heteroatoms. The molecule has 0 aliphatic heterocycles. The minimum atomic E-state index is -0.473. The van der Waals surface area contributed by atoms with E-state index >= 15 is 0 Å². The van der Waals surface area contributed by atoms with Gasteiger partial charge in [0.2, 0.25) is 0 Å². The summed E-state index contributed by atoms with van der Waals surface area (Å²) in [4.78, 5) is 16.5. The summed E-state index contributed by atoms with van der Waals surface area (Å²) >= 11 is 0. The van der Waals surface area contributed by atoms with Gasteiger partial charge in [-0.2, -0.15) is 5.26 Å².